The Kier molecular flexibility index (Phi) is 4.77. The second kappa shape index (κ2) is 6.76. The molecule has 0 aliphatic heterocycles. The molecule has 0 bridgehead atoms. The van der Waals surface area contributed by atoms with Crippen molar-refractivity contribution in [1.29, 1.82) is 0 Å². The number of ether oxygens (including phenoxy) is 1. The summed E-state index contributed by atoms with van der Waals surface area (Å²) in [6.45, 7) is 9.14. The summed E-state index contributed by atoms with van der Waals surface area (Å²) in [5.41, 5.74) is 3.60. The SMILES string of the molecule is CC1(C)CCC(C)(C)c2cc(Oc3ccc(/C=C(\O)C(=O)O)cc3)ccc21. The molecule has 0 unspecified atom stereocenters. The standard InChI is InChI=1S/C23H26O4/c1-22(2)11-12-23(3,4)19-14-17(9-10-18(19)22)27-16-7-5-15(6-8-16)13-20(24)21(25)26/h5-10,13-14,24H,11-12H2,1-4H3,(H,25,26)/b20-13-. The van der Waals surface area contributed by atoms with Crippen LogP contribution in [-0.4, -0.2) is 16.2 Å². The lowest BCUT2D eigenvalue weighted by atomic mass is 9.63. The number of carboxylic acid groups (broad SMARTS) is 1. The summed E-state index contributed by atoms with van der Waals surface area (Å²) in [6.07, 6.45) is 3.52. The zero-order valence-electron chi connectivity index (χ0n) is 16.2. The van der Waals surface area contributed by atoms with Crippen LogP contribution in [0.25, 0.3) is 6.08 Å². The van der Waals surface area contributed by atoms with Crippen molar-refractivity contribution in [2.75, 3.05) is 0 Å². The zero-order valence-corrected chi connectivity index (χ0v) is 16.2. The third kappa shape index (κ3) is 4.00. The molecule has 2 aromatic rings. The first-order valence-corrected chi connectivity index (χ1v) is 9.15. The average Bonchev–Trinajstić information content (AvgIpc) is 2.61. The average molecular weight is 366 g/mol. The highest BCUT2D eigenvalue weighted by atomic mass is 16.5. The number of aliphatic hydroxyl groups is 1. The van der Waals surface area contributed by atoms with Crippen molar-refractivity contribution >= 4 is 12.0 Å². The predicted molar refractivity (Wildman–Crippen MR) is 106 cm³/mol. The molecule has 2 aromatic carbocycles. The largest absolute Gasteiger partial charge is 0.502 e. The second-order valence-corrected chi connectivity index (χ2v) is 8.48. The van der Waals surface area contributed by atoms with E-state index in [4.69, 9.17) is 9.84 Å². The van der Waals surface area contributed by atoms with Crippen molar-refractivity contribution in [3.8, 4) is 11.5 Å². The molecule has 0 fully saturated rings. The molecule has 1 aliphatic rings. The molecule has 4 nitrogen and oxygen atoms in total. The van der Waals surface area contributed by atoms with Crippen LogP contribution >= 0.6 is 0 Å². The van der Waals surface area contributed by atoms with E-state index < -0.39 is 11.7 Å². The van der Waals surface area contributed by atoms with E-state index in [9.17, 15) is 9.90 Å². The fraction of sp³-hybridized carbons (Fsp3) is 0.348. The monoisotopic (exact) mass is 366 g/mol. The Morgan fingerprint density at radius 2 is 1.44 bits per heavy atom. The third-order valence-electron chi connectivity index (χ3n) is 5.46. The molecule has 0 radical (unpaired) electrons. The summed E-state index contributed by atoms with van der Waals surface area (Å²) in [5.74, 6) is -0.593. The lowest BCUT2D eigenvalue weighted by Gasteiger charge is -2.41. The molecule has 142 valence electrons. The Morgan fingerprint density at radius 3 is 2.04 bits per heavy atom. The van der Waals surface area contributed by atoms with Crippen LogP contribution in [0.4, 0.5) is 0 Å². The Morgan fingerprint density at radius 1 is 0.889 bits per heavy atom. The minimum absolute atomic E-state index is 0.118. The first-order valence-electron chi connectivity index (χ1n) is 9.15. The molecule has 0 aromatic heterocycles. The molecule has 0 heterocycles. The number of hydrogen-bond acceptors (Lipinski definition) is 3. The molecule has 0 saturated heterocycles. The van der Waals surface area contributed by atoms with E-state index in [2.05, 4.69) is 39.8 Å². The summed E-state index contributed by atoms with van der Waals surface area (Å²) in [6, 6.07) is 13.3. The minimum Gasteiger partial charge on any atom is -0.502 e. The quantitative estimate of drug-likeness (QED) is 0.529. The first kappa shape index (κ1) is 19.0. The number of hydrogen-bond donors (Lipinski definition) is 2. The number of benzene rings is 2. The van der Waals surface area contributed by atoms with E-state index in [1.165, 1.54) is 23.6 Å². The zero-order chi connectivity index (χ0) is 19.8. The van der Waals surface area contributed by atoms with Crippen LogP contribution in [0.2, 0.25) is 0 Å². The van der Waals surface area contributed by atoms with Gasteiger partial charge in [-0.3, -0.25) is 0 Å². The normalized spacial score (nSPS) is 17.9. The summed E-state index contributed by atoms with van der Waals surface area (Å²) in [4.78, 5) is 10.7. The van der Waals surface area contributed by atoms with Gasteiger partial charge in [-0.1, -0.05) is 45.9 Å². The van der Waals surface area contributed by atoms with Gasteiger partial charge in [0.1, 0.15) is 11.5 Å². The highest BCUT2D eigenvalue weighted by Crippen LogP contribution is 2.47. The van der Waals surface area contributed by atoms with Crippen LogP contribution in [0, 0.1) is 0 Å². The van der Waals surface area contributed by atoms with Gasteiger partial charge in [-0.2, -0.15) is 0 Å². The maximum Gasteiger partial charge on any atom is 0.370 e. The fourth-order valence-corrected chi connectivity index (χ4v) is 3.62. The lowest BCUT2D eigenvalue weighted by Crippen LogP contribution is -2.33. The van der Waals surface area contributed by atoms with Crippen LogP contribution in [0.1, 0.15) is 57.2 Å². The van der Waals surface area contributed by atoms with Gasteiger partial charge in [0.15, 0.2) is 0 Å². The molecule has 0 amide bonds. The van der Waals surface area contributed by atoms with Crippen molar-refractivity contribution in [1.82, 2.24) is 0 Å². The number of aliphatic hydroxyl groups excluding tert-OH is 1. The van der Waals surface area contributed by atoms with Crippen molar-refractivity contribution in [2.24, 2.45) is 0 Å². The molecule has 0 spiro atoms. The van der Waals surface area contributed by atoms with E-state index in [0.29, 0.717) is 11.3 Å². The molecule has 0 saturated carbocycles. The molecule has 3 rings (SSSR count). The number of fused-ring (bicyclic) bond motifs is 1. The van der Waals surface area contributed by atoms with Gasteiger partial charge in [-0.05, 0) is 70.7 Å². The fourth-order valence-electron chi connectivity index (χ4n) is 3.62. The number of aliphatic carboxylic acids is 1. The summed E-state index contributed by atoms with van der Waals surface area (Å²) in [5, 5.41) is 18.0. The third-order valence-corrected chi connectivity index (χ3v) is 5.46. The summed E-state index contributed by atoms with van der Waals surface area (Å²) < 4.78 is 6.01. The van der Waals surface area contributed by atoms with Crippen molar-refractivity contribution in [3.05, 3.63) is 64.9 Å². The molecule has 4 heteroatoms. The Bertz CT molecular complexity index is 889. The van der Waals surface area contributed by atoms with E-state index >= 15 is 0 Å². The minimum atomic E-state index is -1.35. The predicted octanol–water partition coefficient (Wildman–Crippen LogP) is 5.81. The maximum atomic E-state index is 10.7. The van der Waals surface area contributed by atoms with E-state index in [1.807, 2.05) is 6.07 Å². The molecule has 2 N–H and O–H groups in total. The number of carbonyl (C=O) groups is 1. The van der Waals surface area contributed by atoms with Crippen molar-refractivity contribution in [2.45, 2.75) is 51.4 Å². The van der Waals surface area contributed by atoms with Gasteiger partial charge in [0.25, 0.3) is 0 Å². The number of rotatable bonds is 4. The van der Waals surface area contributed by atoms with E-state index in [1.54, 1.807) is 24.3 Å². The first-order chi connectivity index (χ1) is 12.6. The van der Waals surface area contributed by atoms with Gasteiger partial charge in [-0.15, -0.1) is 0 Å². The molecule has 27 heavy (non-hydrogen) atoms. The van der Waals surface area contributed by atoms with E-state index in [-0.39, 0.29) is 10.8 Å². The van der Waals surface area contributed by atoms with Crippen LogP contribution in [0.3, 0.4) is 0 Å². The summed E-state index contributed by atoms with van der Waals surface area (Å²) >= 11 is 0. The van der Waals surface area contributed by atoms with Gasteiger partial charge >= 0.3 is 5.97 Å². The Balaban J connectivity index is 1.85. The van der Waals surface area contributed by atoms with Gasteiger partial charge in [0.2, 0.25) is 5.76 Å². The lowest BCUT2D eigenvalue weighted by molar-refractivity contribution is -0.135. The summed E-state index contributed by atoms with van der Waals surface area (Å²) in [7, 11) is 0. The van der Waals surface area contributed by atoms with Crippen LogP contribution in [-0.2, 0) is 15.6 Å². The molecular weight excluding hydrogens is 340 g/mol. The van der Waals surface area contributed by atoms with Crippen LogP contribution < -0.4 is 4.74 Å². The number of carboxylic acids is 1. The molecule has 0 atom stereocenters. The highest BCUT2D eigenvalue weighted by molar-refractivity contribution is 5.89. The highest BCUT2D eigenvalue weighted by Gasteiger charge is 2.37. The van der Waals surface area contributed by atoms with E-state index in [0.717, 1.165) is 12.2 Å². The molecule has 1 aliphatic carbocycles. The van der Waals surface area contributed by atoms with Crippen LogP contribution in [0.5, 0.6) is 11.5 Å². The Labute approximate surface area is 160 Å². The van der Waals surface area contributed by atoms with Gasteiger partial charge in [0.05, 0.1) is 0 Å². The van der Waals surface area contributed by atoms with Crippen molar-refractivity contribution in [3.63, 3.8) is 0 Å². The topological polar surface area (TPSA) is 66.8 Å². The van der Waals surface area contributed by atoms with Gasteiger partial charge in [-0.25, -0.2) is 4.79 Å². The van der Waals surface area contributed by atoms with Crippen molar-refractivity contribution < 1.29 is 19.7 Å². The Hall–Kier alpha value is -2.75. The van der Waals surface area contributed by atoms with Crippen LogP contribution in [0.15, 0.2) is 48.2 Å². The van der Waals surface area contributed by atoms with Gasteiger partial charge < -0.3 is 14.9 Å². The maximum absolute atomic E-state index is 10.7. The molecular formula is C23H26O4. The smallest absolute Gasteiger partial charge is 0.370 e. The van der Waals surface area contributed by atoms with Gasteiger partial charge in [0, 0.05) is 0 Å². The second-order valence-electron chi connectivity index (χ2n) is 8.48.